The van der Waals surface area contributed by atoms with Gasteiger partial charge in [-0.1, -0.05) is 55.7 Å². The number of hydrogen-bond donors (Lipinski definition) is 1. The van der Waals surface area contributed by atoms with Crippen molar-refractivity contribution in [3.8, 4) is 5.75 Å². The van der Waals surface area contributed by atoms with Crippen molar-refractivity contribution in [3.05, 3.63) is 77.3 Å². The number of hydrogen-bond acceptors (Lipinski definition) is 5. The van der Waals surface area contributed by atoms with Crippen molar-refractivity contribution in [2.24, 2.45) is 11.8 Å². The fraction of sp³-hybridized carbons (Fsp3) is 0.533. The van der Waals surface area contributed by atoms with E-state index in [0.717, 1.165) is 68.2 Å². The van der Waals surface area contributed by atoms with E-state index < -0.39 is 5.60 Å². The van der Waals surface area contributed by atoms with Crippen molar-refractivity contribution in [1.82, 2.24) is 10.2 Å². The van der Waals surface area contributed by atoms with Crippen LogP contribution in [-0.2, 0) is 12.1 Å². The van der Waals surface area contributed by atoms with Crippen LogP contribution in [0.3, 0.4) is 0 Å². The minimum atomic E-state index is -1.27. The summed E-state index contributed by atoms with van der Waals surface area (Å²) in [7, 11) is 0. The number of piperidine rings is 3. The normalized spacial score (nSPS) is 26.9. The Morgan fingerprint density at radius 2 is 1.76 bits per heavy atom. The summed E-state index contributed by atoms with van der Waals surface area (Å²) in [6, 6.07) is 14.9. The van der Waals surface area contributed by atoms with Gasteiger partial charge in [-0.3, -0.25) is 0 Å². The van der Waals surface area contributed by atoms with Gasteiger partial charge in [-0.15, -0.1) is 10.2 Å². The Labute approximate surface area is 230 Å². The molecule has 1 saturated carbocycles. The first-order valence-corrected chi connectivity index (χ1v) is 13.8. The van der Waals surface area contributed by atoms with Crippen LogP contribution >= 0.6 is 0 Å². The highest BCUT2D eigenvalue weighted by Crippen LogP contribution is 2.44. The van der Waals surface area contributed by atoms with Gasteiger partial charge in [0.05, 0.1) is 13.1 Å². The number of aryl methyl sites for hydroxylation is 1. The summed E-state index contributed by atoms with van der Waals surface area (Å²) in [6.45, 7) is 5.30. The summed E-state index contributed by atoms with van der Waals surface area (Å²) < 4.78 is 27.6. The van der Waals surface area contributed by atoms with Crippen molar-refractivity contribution in [2.45, 2.75) is 70.1 Å². The van der Waals surface area contributed by atoms with Crippen LogP contribution in [0, 0.1) is 24.6 Å². The Balaban J connectivity index is 0.00000294. The van der Waals surface area contributed by atoms with Crippen LogP contribution in [0.1, 0.15) is 67.9 Å². The number of fused-ring (bicyclic) bond motifs is 3. The van der Waals surface area contributed by atoms with Crippen molar-refractivity contribution in [3.63, 3.8) is 0 Å². The smallest absolute Gasteiger partial charge is 0.271 e. The van der Waals surface area contributed by atoms with E-state index in [1.807, 2.05) is 36.4 Å². The van der Waals surface area contributed by atoms with Gasteiger partial charge in [-0.05, 0) is 37.0 Å². The molecule has 8 heteroatoms. The zero-order chi connectivity index (χ0) is 25.5. The van der Waals surface area contributed by atoms with E-state index in [0.29, 0.717) is 35.6 Å². The number of quaternary nitrogens is 1. The number of aromatic nitrogens is 2. The second-order valence-electron chi connectivity index (χ2n) is 11.5. The average Bonchev–Trinajstić information content (AvgIpc) is 3.40. The molecule has 1 aromatic heterocycles. The standard InChI is InChI=1S/C30H37FN3O3.ClH/c1-21-12-13-25(18-26(21)31)36-27-19-34(16-14-22(27)15-17-34)20-28-32-33-29(37-28)30(35,23-8-4-2-5-9-23)24-10-6-3-7-11-24;/h2,4-5,8-9,12-13,18,22,24,27,35H,3,6-7,10-11,14-17,19-20H2,1H3;1H/q+1;/p-1/t22?,27-,30-,34?;/m0./s1. The summed E-state index contributed by atoms with van der Waals surface area (Å²) in [6.07, 6.45) is 7.48. The molecule has 2 bridgehead atoms. The predicted molar refractivity (Wildman–Crippen MR) is 137 cm³/mol. The molecular weight excluding hydrogens is 505 g/mol. The first kappa shape index (κ1) is 27.1. The molecule has 204 valence electrons. The number of halogens is 2. The molecule has 4 fully saturated rings. The minimum absolute atomic E-state index is 0. The highest BCUT2D eigenvalue weighted by atomic mass is 35.5. The van der Waals surface area contributed by atoms with Crippen molar-refractivity contribution in [1.29, 1.82) is 0 Å². The number of nitrogens with zero attached hydrogens (tertiary/aromatic N) is 3. The molecule has 38 heavy (non-hydrogen) atoms. The second kappa shape index (κ2) is 10.9. The Kier molecular flexibility index (Phi) is 7.81. The number of rotatable bonds is 7. The maximum atomic E-state index is 14.1. The van der Waals surface area contributed by atoms with Gasteiger partial charge in [0.15, 0.2) is 18.2 Å². The fourth-order valence-corrected chi connectivity index (χ4v) is 6.90. The van der Waals surface area contributed by atoms with Gasteiger partial charge in [-0.25, -0.2) is 4.39 Å². The van der Waals surface area contributed by atoms with E-state index in [2.05, 4.69) is 10.2 Å². The lowest BCUT2D eigenvalue weighted by Crippen LogP contribution is -3.00. The van der Waals surface area contributed by atoms with Crippen LogP contribution in [0.4, 0.5) is 4.39 Å². The molecule has 3 aliphatic heterocycles. The van der Waals surface area contributed by atoms with Crippen LogP contribution in [0.25, 0.3) is 0 Å². The third-order valence-electron chi connectivity index (χ3n) is 9.15. The molecular formula is C30H37ClFN3O3. The molecule has 7 rings (SSSR count). The summed E-state index contributed by atoms with van der Waals surface area (Å²) in [5, 5.41) is 21.0. The van der Waals surface area contributed by atoms with Gasteiger partial charge in [0.1, 0.15) is 18.1 Å². The Bertz CT molecular complexity index is 1220. The van der Waals surface area contributed by atoms with E-state index in [4.69, 9.17) is 9.15 Å². The van der Waals surface area contributed by atoms with Crippen LogP contribution in [-0.4, -0.2) is 45.5 Å². The summed E-state index contributed by atoms with van der Waals surface area (Å²) in [4.78, 5) is 0. The highest BCUT2D eigenvalue weighted by molar-refractivity contribution is 5.30. The maximum Gasteiger partial charge on any atom is 0.271 e. The molecule has 0 unspecified atom stereocenters. The van der Waals surface area contributed by atoms with Crippen LogP contribution in [0.2, 0.25) is 0 Å². The second-order valence-corrected chi connectivity index (χ2v) is 11.5. The van der Waals surface area contributed by atoms with Gasteiger partial charge in [0.2, 0.25) is 0 Å². The topological polar surface area (TPSA) is 68.4 Å². The Hall–Kier alpha value is -2.48. The molecule has 0 spiro atoms. The molecule has 2 aromatic carbocycles. The molecule has 1 aliphatic carbocycles. The van der Waals surface area contributed by atoms with Gasteiger partial charge in [0.25, 0.3) is 11.8 Å². The molecule has 2 atom stereocenters. The summed E-state index contributed by atoms with van der Waals surface area (Å²) in [5.74, 6) is 1.79. The number of aliphatic hydroxyl groups is 1. The maximum absolute atomic E-state index is 14.1. The Morgan fingerprint density at radius 3 is 2.47 bits per heavy atom. The molecule has 6 nitrogen and oxygen atoms in total. The van der Waals surface area contributed by atoms with E-state index in [-0.39, 0.29) is 30.2 Å². The zero-order valence-corrected chi connectivity index (χ0v) is 22.7. The first-order chi connectivity index (χ1) is 18.0. The molecule has 3 saturated heterocycles. The monoisotopic (exact) mass is 541 g/mol. The van der Waals surface area contributed by atoms with E-state index in [1.165, 1.54) is 12.5 Å². The van der Waals surface area contributed by atoms with Gasteiger partial charge in [0, 0.05) is 30.7 Å². The van der Waals surface area contributed by atoms with Crippen molar-refractivity contribution in [2.75, 3.05) is 19.6 Å². The minimum Gasteiger partial charge on any atom is -1.00 e. The average molecular weight is 542 g/mol. The number of benzene rings is 2. The SMILES string of the molecule is Cc1ccc(O[C@H]2C[N+]3(Cc4nnc([C@](O)(c5ccccc5)C5CCCCC5)o4)CCC2CC3)cc1F.[Cl-]. The van der Waals surface area contributed by atoms with E-state index in [9.17, 15) is 9.50 Å². The van der Waals surface area contributed by atoms with Crippen molar-refractivity contribution >= 4 is 0 Å². The largest absolute Gasteiger partial charge is 1.00 e. The lowest BCUT2D eigenvalue weighted by molar-refractivity contribution is -0.959. The number of ether oxygens (including phenoxy) is 1. The van der Waals surface area contributed by atoms with E-state index in [1.54, 1.807) is 13.0 Å². The molecule has 0 amide bonds. The predicted octanol–water partition coefficient (Wildman–Crippen LogP) is 2.53. The molecule has 4 aliphatic rings. The quantitative estimate of drug-likeness (QED) is 0.466. The lowest BCUT2D eigenvalue weighted by Gasteiger charge is -2.51. The molecule has 0 radical (unpaired) electrons. The van der Waals surface area contributed by atoms with Crippen LogP contribution in [0.5, 0.6) is 5.75 Å². The van der Waals surface area contributed by atoms with Crippen LogP contribution < -0.4 is 17.1 Å². The highest BCUT2D eigenvalue weighted by Gasteiger charge is 2.49. The zero-order valence-electron chi connectivity index (χ0n) is 22.0. The third-order valence-corrected chi connectivity index (χ3v) is 9.15. The Morgan fingerprint density at radius 1 is 1.03 bits per heavy atom. The summed E-state index contributed by atoms with van der Waals surface area (Å²) >= 11 is 0. The molecule has 3 aromatic rings. The molecule has 4 heterocycles. The van der Waals surface area contributed by atoms with Crippen molar-refractivity contribution < 1.29 is 35.5 Å². The van der Waals surface area contributed by atoms with E-state index >= 15 is 0 Å². The fourth-order valence-electron chi connectivity index (χ4n) is 6.90. The summed E-state index contributed by atoms with van der Waals surface area (Å²) in [5.41, 5.74) is 0.172. The first-order valence-electron chi connectivity index (χ1n) is 13.8. The third kappa shape index (κ3) is 5.08. The van der Waals surface area contributed by atoms with Crippen LogP contribution in [0.15, 0.2) is 52.9 Å². The molecule has 1 N–H and O–H groups in total. The lowest BCUT2D eigenvalue weighted by atomic mass is 9.73. The van der Waals surface area contributed by atoms with Gasteiger partial charge >= 0.3 is 0 Å². The van der Waals surface area contributed by atoms with Gasteiger partial charge < -0.3 is 31.2 Å². The van der Waals surface area contributed by atoms with Gasteiger partial charge in [-0.2, -0.15) is 0 Å².